The molecule has 0 saturated heterocycles. The molecule has 5 nitrogen and oxygen atoms in total. The normalized spacial score (nSPS) is 9.62. The predicted octanol–water partition coefficient (Wildman–Crippen LogP) is 0.149. The smallest absolute Gasteiger partial charge is 0.257 e. The van der Waals surface area contributed by atoms with Crippen LogP contribution < -0.4 is 20.5 Å². The van der Waals surface area contributed by atoms with Crippen molar-refractivity contribution in [1.82, 2.24) is 5.32 Å². The van der Waals surface area contributed by atoms with E-state index in [0.717, 1.165) is 0 Å². The van der Waals surface area contributed by atoms with Crippen molar-refractivity contribution < 1.29 is 14.3 Å². The third-order valence-corrected chi connectivity index (χ3v) is 1.88. The lowest BCUT2D eigenvalue weighted by Gasteiger charge is -2.07. The van der Waals surface area contributed by atoms with Crippen LogP contribution in [-0.4, -0.2) is 32.7 Å². The van der Waals surface area contributed by atoms with Crippen LogP contribution in [0.4, 0.5) is 0 Å². The Hall–Kier alpha value is -1.75. The Morgan fingerprint density at radius 1 is 1.44 bits per heavy atom. The monoisotopic (exact) mass is 224 g/mol. The third-order valence-electron chi connectivity index (χ3n) is 1.88. The maximum absolute atomic E-state index is 11.2. The van der Waals surface area contributed by atoms with Gasteiger partial charge in [0, 0.05) is 19.2 Å². The van der Waals surface area contributed by atoms with Crippen molar-refractivity contribution in [2.75, 3.05) is 26.8 Å². The summed E-state index contributed by atoms with van der Waals surface area (Å²) in [6.07, 6.45) is 0. The standard InChI is InChI=1S/C11H16N2O3/c1-15-9-3-2-4-10(7-9)16-8-11(14)13-6-5-12/h2-4,7H,5-6,8,12H2,1H3,(H,13,14). The molecule has 0 aromatic heterocycles. The molecule has 16 heavy (non-hydrogen) atoms. The summed E-state index contributed by atoms with van der Waals surface area (Å²) >= 11 is 0. The average Bonchev–Trinajstić information content (AvgIpc) is 2.34. The van der Waals surface area contributed by atoms with E-state index in [9.17, 15) is 4.79 Å². The Labute approximate surface area is 94.5 Å². The van der Waals surface area contributed by atoms with Crippen molar-refractivity contribution in [3.05, 3.63) is 24.3 Å². The van der Waals surface area contributed by atoms with Crippen LogP contribution in [-0.2, 0) is 4.79 Å². The molecule has 1 rings (SSSR count). The number of amides is 1. The summed E-state index contributed by atoms with van der Waals surface area (Å²) in [7, 11) is 1.58. The molecule has 1 aromatic rings. The Morgan fingerprint density at radius 3 is 2.88 bits per heavy atom. The van der Waals surface area contributed by atoms with Gasteiger partial charge in [0.15, 0.2) is 6.61 Å². The molecule has 5 heteroatoms. The summed E-state index contributed by atoms with van der Waals surface area (Å²) in [5.41, 5.74) is 5.25. The van der Waals surface area contributed by atoms with Crippen LogP contribution in [0.1, 0.15) is 0 Å². The van der Waals surface area contributed by atoms with Crippen molar-refractivity contribution in [2.24, 2.45) is 5.73 Å². The van der Waals surface area contributed by atoms with Gasteiger partial charge in [-0.25, -0.2) is 0 Å². The first kappa shape index (κ1) is 12.3. The topological polar surface area (TPSA) is 73.6 Å². The zero-order valence-corrected chi connectivity index (χ0v) is 9.23. The Morgan fingerprint density at radius 2 is 2.19 bits per heavy atom. The van der Waals surface area contributed by atoms with E-state index in [1.807, 2.05) is 0 Å². The number of benzene rings is 1. The van der Waals surface area contributed by atoms with Gasteiger partial charge < -0.3 is 20.5 Å². The SMILES string of the molecule is COc1cccc(OCC(=O)NCCN)c1. The van der Waals surface area contributed by atoms with E-state index in [2.05, 4.69) is 5.32 Å². The lowest BCUT2D eigenvalue weighted by molar-refractivity contribution is -0.123. The molecule has 0 spiro atoms. The first-order valence-electron chi connectivity index (χ1n) is 5.00. The van der Waals surface area contributed by atoms with Crippen molar-refractivity contribution in [3.8, 4) is 11.5 Å². The van der Waals surface area contributed by atoms with E-state index in [1.54, 1.807) is 31.4 Å². The fraction of sp³-hybridized carbons (Fsp3) is 0.364. The van der Waals surface area contributed by atoms with Gasteiger partial charge in [-0.3, -0.25) is 4.79 Å². The number of ether oxygens (including phenoxy) is 2. The zero-order chi connectivity index (χ0) is 11.8. The minimum absolute atomic E-state index is 0.0207. The van der Waals surface area contributed by atoms with E-state index in [0.29, 0.717) is 24.6 Å². The molecular formula is C11H16N2O3. The van der Waals surface area contributed by atoms with Gasteiger partial charge in [-0.05, 0) is 12.1 Å². The van der Waals surface area contributed by atoms with Crippen molar-refractivity contribution in [2.45, 2.75) is 0 Å². The second kappa shape index (κ2) is 6.68. The van der Waals surface area contributed by atoms with Crippen LogP contribution in [0.3, 0.4) is 0 Å². The van der Waals surface area contributed by atoms with E-state index < -0.39 is 0 Å². The predicted molar refractivity (Wildman–Crippen MR) is 60.6 cm³/mol. The maximum Gasteiger partial charge on any atom is 0.257 e. The van der Waals surface area contributed by atoms with Gasteiger partial charge in [0.25, 0.3) is 5.91 Å². The molecule has 0 saturated carbocycles. The highest BCUT2D eigenvalue weighted by atomic mass is 16.5. The molecule has 0 heterocycles. The molecular weight excluding hydrogens is 208 g/mol. The second-order valence-electron chi connectivity index (χ2n) is 3.11. The molecule has 0 aliphatic rings. The van der Waals surface area contributed by atoms with Crippen molar-refractivity contribution in [1.29, 1.82) is 0 Å². The van der Waals surface area contributed by atoms with Crippen LogP contribution in [0.2, 0.25) is 0 Å². The average molecular weight is 224 g/mol. The molecule has 0 bridgehead atoms. The fourth-order valence-corrected chi connectivity index (χ4v) is 1.10. The summed E-state index contributed by atoms with van der Waals surface area (Å²) in [5, 5.41) is 2.61. The number of carbonyl (C=O) groups is 1. The van der Waals surface area contributed by atoms with Crippen LogP contribution in [0, 0.1) is 0 Å². The molecule has 1 amide bonds. The Kier molecular flexibility index (Phi) is 5.15. The summed E-state index contributed by atoms with van der Waals surface area (Å²) in [6, 6.07) is 7.09. The number of hydrogen-bond acceptors (Lipinski definition) is 4. The Bertz CT molecular complexity index is 342. The number of methoxy groups -OCH3 is 1. The number of nitrogens with two attached hydrogens (primary N) is 1. The quantitative estimate of drug-likeness (QED) is 0.721. The molecule has 3 N–H and O–H groups in total. The largest absolute Gasteiger partial charge is 0.497 e. The number of nitrogens with one attached hydrogen (secondary N) is 1. The maximum atomic E-state index is 11.2. The summed E-state index contributed by atoms with van der Waals surface area (Å²) in [6.45, 7) is 0.859. The van der Waals surface area contributed by atoms with Crippen LogP contribution in [0.15, 0.2) is 24.3 Å². The van der Waals surface area contributed by atoms with E-state index in [4.69, 9.17) is 15.2 Å². The van der Waals surface area contributed by atoms with Crippen LogP contribution >= 0.6 is 0 Å². The van der Waals surface area contributed by atoms with Gasteiger partial charge in [0.2, 0.25) is 0 Å². The van der Waals surface area contributed by atoms with Crippen molar-refractivity contribution in [3.63, 3.8) is 0 Å². The third kappa shape index (κ3) is 4.18. The van der Waals surface area contributed by atoms with Gasteiger partial charge in [-0.1, -0.05) is 6.07 Å². The lowest BCUT2D eigenvalue weighted by atomic mass is 10.3. The minimum Gasteiger partial charge on any atom is -0.497 e. The summed E-state index contributed by atoms with van der Waals surface area (Å²) in [4.78, 5) is 11.2. The molecule has 0 aliphatic carbocycles. The molecule has 88 valence electrons. The molecule has 1 aromatic carbocycles. The van der Waals surface area contributed by atoms with Gasteiger partial charge in [-0.2, -0.15) is 0 Å². The summed E-state index contributed by atoms with van der Waals surface area (Å²) < 4.78 is 10.3. The number of rotatable bonds is 6. The van der Waals surface area contributed by atoms with Crippen LogP contribution in [0.5, 0.6) is 11.5 Å². The van der Waals surface area contributed by atoms with E-state index >= 15 is 0 Å². The van der Waals surface area contributed by atoms with Crippen molar-refractivity contribution >= 4 is 5.91 Å². The lowest BCUT2D eigenvalue weighted by Crippen LogP contribution is -2.32. The minimum atomic E-state index is -0.187. The molecule has 0 aliphatic heterocycles. The first-order valence-corrected chi connectivity index (χ1v) is 5.00. The van der Waals surface area contributed by atoms with E-state index in [-0.39, 0.29) is 12.5 Å². The molecule has 0 unspecified atom stereocenters. The highest BCUT2D eigenvalue weighted by molar-refractivity contribution is 5.77. The highest BCUT2D eigenvalue weighted by Gasteiger charge is 2.02. The molecule has 0 fully saturated rings. The fourth-order valence-electron chi connectivity index (χ4n) is 1.10. The Balaban J connectivity index is 2.38. The van der Waals surface area contributed by atoms with E-state index in [1.165, 1.54) is 0 Å². The highest BCUT2D eigenvalue weighted by Crippen LogP contribution is 2.18. The number of hydrogen-bond donors (Lipinski definition) is 2. The second-order valence-corrected chi connectivity index (χ2v) is 3.11. The summed E-state index contributed by atoms with van der Waals surface area (Å²) in [5.74, 6) is 1.11. The number of carbonyl (C=O) groups excluding carboxylic acids is 1. The zero-order valence-electron chi connectivity index (χ0n) is 9.23. The van der Waals surface area contributed by atoms with Gasteiger partial charge in [0.1, 0.15) is 11.5 Å². The van der Waals surface area contributed by atoms with Gasteiger partial charge in [0.05, 0.1) is 7.11 Å². The van der Waals surface area contributed by atoms with Gasteiger partial charge in [-0.15, -0.1) is 0 Å². The molecule has 0 radical (unpaired) electrons. The van der Waals surface area contributed by atoms with Gasteiger partial charge >= 0.3 is 0 Å². The first-order chi connectivity index (χ1) is 7.76. The van der Waals surface area contributed by atoms with Crippen LogP contribution in [0.25, 0.3) is 0 Å². The molecule has 0 atom stereocenters.